The van der Waals surface area contributed by atoms with Gasteiger partial charge in [0.2, 0.25) is 0 Å². The van der Waals surface area contributed by atoms with Crippen molar-refractivity contribution in [3.63, 3.8) is 0 Å². The zero-order valence-corrected chi connectivity index (χ0v) is 11.1. The molecule has 0 aromatic rings. The van der Waals surface area contributed by atoms with Crippen LogP contribution in [-0.4, -0.2) is 67.1 Å². The number of ether oxygens (including phenoxy) is 1. The fourth-order valence-electron chi connectivity index (χ4n) is 2.43. The van der Waals surface area contributed by atoms with Gasteiger partial charge in [-0.05, 0) is 26.4 Å². The molecule has 0 bridgehead atoms. The number of alkyl halides is 1. The van der Waals surface area contributed by atoms with Gasteiger partial charge < -0.3 is 9.64 Å². The van der Waals surface area contributed by atoms with Crippen molar-refractivity contribution in [2.75, 3.05) is 46.4 Å². The van der Waals surface area contributed by atoms with E-state index in [1.165, 1.54) is 25.9 Å². The standard InChI is InChI=1S/C11H21BrN2O/c1-13-5-6-15-11(8-13)9-14-4-2-3-10(12)7-14/h10-11H,2-9H2,1H3. The van der Waals surface area contributed by atoms with Crippen LogP contribution in [0.15, 0.2) is 0 Å². The third kappa shape index (κ3) is 3.70. The molecule has 2 rings (SSSR count). The summed E-state index contributed by atoms with van der Waals surface area (Å²) in [7, 11) is 2.18. The van der Waals surface area contributed by atoms with Gasteiger partial charge in [-0.3, -0.25) is 4.90 Å². The van der Waals surface area contributed by atoms with Crippen LogP contribution >= 0.6 is 15.9 Å². The molecular weight excluding hydrogens is 256 g/mol. The minimum Gasteiger partial charge on any atom is -0.374 e. The Labute approximate surface area is 101 Å². The fourth-order valence-corrected chi connectivity index (χ4v) is 3.16. The van der Waals surface area contributed by atoms with Crippen LogP contribution in [0, 0.1) is 0 Å². The second-order valence-electron chi connectivity index (χ2n) is 4.75. The normalized spacial score (nSPS) is 35.6. The predicted molar refractivity (Wildman–Crippen MR) is 65.6 cm³/mol. The Morgan fingerprint density at radius 3 is 2.93 bits per heavy atom. The van der Waals surface area contributed by atoms with Gasteiger partial charge in [-0.15, -0.1) is 0 Å². The molecule has 0 spiro atoms. The van der Waals surface area contributed by atoms with Gasteiger partial charge >= 0.3 is 0 Å². The number of likely N-dealkylation sites (N-methyl/N-ethyl adjacent to an activating group) is 1. The lowest BCUT2D eigenvalue weighted by Gasteiger charge is -2.36. The van der Waals surface area contributed by atoms with Crippen LogP contribution in [0.25, 0.3) is 0 Å². The van der Waals surface area contributed by atoms with Gasteiger partial charge in [-0.2, -0.15) is 0 Å². The van der Waals surface area contributed by atoms with Gasteiger partial charge in [0.25, 0.3) is 0 Å². The number of likely N-dealkylation sites (tertiary alicyclic amines) is 1. The highest BCUT2D eigenvalue weighted by molar-refractivity contribution is 9.09. The van der Waals surface area contributed by atoms with Crippen molar-refractivity contribution in [1.29, 1.82) is 0 Å². The van der Waals surface area contributed by atoms with Crippen molar-refractivity contribution in [1.82, 2.24) is 9.80 Å². The SMILES string of the molecule is CN1CCOC(CN2CCCC(Br)C2)C1. The van der Waals surface area contributed by atoms with Gasteiger partial charge in [0, 0.05) is 31.0 Å². The lowest BCUT2D eigenvalue weighted by Crippen LogP contribution is -2.48. The number of morpholine rings is 1. The Morgan fingerprint density at radius 1 is 1.33 bits per heavy atom. The average Bonchev–Trinajstić information content (AvgIpc) is 2.17. The van der Waals surface area contributed by atoms with Crippen molar-refractivity contribution in [3.8, 4) is 0 Å². The van der Waals surface area contributed by atoms with Crippen molar-refractivity contribution in [2.24, 2.45) is 0 Å². The van der Waals surface area contributed by atoms with Gasteiger partial charge in [-0.1, -0.05) is 15.9 Å². The van der Waals surface area contributed by atoms with Gasteiger partial charge in [0.1, 0.15) is 0 Å². The Kier molecular flexibility index (Phi) is 4.43. The number of hydrogen-bond acceptors (Lipinski definition) is 3. The van der Waals surface area contributed by atoms with Crippen molar-refractivity contribution in [3.05, 3.63) is 0 Å². The third-order valence-corrected chi connectivity index (χ3v) is 4.00. The molecule has 0 N–H and O–H groups in total. The third-order valence-electron chi connectivity index (χ3n) is 3.25. The quantitative estimate of drug-likeness (QED) is 0.705. The summed E-state index contributed by atoms with van der Waals surface area (Å²) in [6.07, 6.45) is 3.06. The van der Waals surface area contributed by atoms with E-state index in [1.54, 1.807) is 0 Å². The average molecular weight is 277 g/mol. The summed E-state index contributed by atoms with van der Waals surface area (Å²) < 4.78 is 5.79. The molecule has 2 atom stereocenters. The molecule has 0 aromatic heterocycles. The molecule has 2 heterocycles. The van der Waals surface area contributed by atoms with Crippen LogP contribution in [0.5, 0.6) is 0 Å². The summed E-state index contributed by atoms with van der Waals surface area (Å²) in [5, 5.41) is 0. The molecule has 2 fully saturated rings. The molecule has 4 heteroatoms. The maximum absolute atomic E-state index is 5.79. The first-order valence-corrected chi connectivity index (χ1v) is 6.82. The first-order chi connectivity index (χ1) is 7.24. The minimum atomic E-state index is 0.418. The summed E-state index contributed by atoms with van der Waals surface area (Å²) in [6, 6.07) is 0. The zero-order valence-electron chi connectivity index (χ0n) is 9.49. The Bertz CT molecular complexity index is 183. The summed E-state index contributed by atoms with van der Waals surface area (Å²) in [6.45, 7) is 6.59. The van der Waals surface area contributed by atoms with E-state index in [4.69, 9.17) is 4.74 Å². The molecule has 2 saturated heterocycles. The molecule has 0 amide bonds. The van der Waals surface area contributed by atoms with E-state index in [-0.39, 0.29) is 0 Å². The Morgan fingerprint density at radius 2 is 2.20 bits per heavy atom. The predicted octanol–water partition coefficient (Wildman–Crippen LogP) is 1.18. The van der Waals surface area contributed by atoms with E-state index in [0.717, 1.165) is 26.2 Å². The van der Waals surface area contributed by atoms with Gasteiger partial charge in [-0.25, -0.2) is 0 Å². The van der Waals surface area contributed by atoms with Crippen LogP contribution in [0.4, 0.5) is 0 Å². The number of halogens is 1. The maximum atomic E-state index is 5.79. The number of hydrogen-bond donors (Lipinski definition) is 0. The summed E-state index contributed by atoms with van der Waals surface area (Å²) >= 11 is 3.71. The van der Waals surface area contributed by atoms with Crippen LogP contribution in [-0.2, 0) is 4.74 Å². The minimum absolute atomic E-state index is 0.418. The lowest BCUT2D eigenvalue weighted by molar-refractivity contribution is -0.0372. The Balaban J connectivity index is 1.75. The summed E-state index contributed by atoms with van der Waals surface area (Å²) in [5.74, 6) is 0. The lowest BCUT2D eigenvalue weighted by atomic mass is 10.1. The molecule has 2 aliphatic rings. The van der Waals surface area contributed by atoms with Crippen LogP contribution < -0.4 is 0 Å². The molecule has 2 aliphatic heterocycles. The van der Waals surface area contributed by atoms with Gasteiger partial charge in [0.15, 0.2) is 0 Å². The molecule has 0 aromatic carbocycles. The van der Waals surface area contributed by atoms with E-state index in [9.17, 15) is 0 Å². The molecule has 0 aliphatic carbocycles. The van der Waals surface area contributed by atoms with E-state index in [2.05, 4.69) is 32.8 Å². The molecule has 0 radical (unpaired) electrons. The second-order valence-corrected chi connectivity index (χ2v) is 6.05. The maximum Gasteiger partial charge on any atom is 0.0829 e. The first-order valence-electron chi connectivity index (χ1n) is 5.90. The molecule has 15 heavy (non-hydrogen) atoms. The van der Waals surface area contributed by atoms with E-state index >= 15 is 0 Å². The van der Waals surface area contributed by atoms with Crippen molar-refractivity contribution < 1.29 is 4.74 Å². The number of piperidine rings is 1. The number of nitrogens with zero attached hydrogens (tertiary/aromatic N) is 2. The van der Waals surface area contributed by atoms with Crippen LogP contribution in [0.3, 0.4) is 0 Å². The number of rotatable bonds is 2. The van der Waals surface area contributed by atoms with Crippen molar-refractivity contribution in [2.45, 2.75) is 23.8 Å². The van der Waals surface area contributed by atoms with E-state index < -0.39 is 0 Å². The smallest absolute Gasteiger partial charge is 0.0829 e. The molecule has 0 saturated carbocycles. The summed E-state index contributed by atoms with van der Waals surface area (Å²) in [4.78, 5) is 5.59. The molecule has 2 unspecified atom stereocenters. The van der Waals surface area contributed by atoms with Crippen LogP contribution in [0.1, 0.15) is 12.8 Å². The fraction of sp³-hybridized carbons (Fsp3) is 1.00. The largest absolute Gasteiger partial charge is 0.374 e. The van der Waals surface area contributed by atoms with Gasteiger partial charge in [0.05, 0.1) is 12.7 Å². The highest BCUT2D eigenvalue weighted by atomic mass is 79.9. The van der Waals surface area contributed by atoms with E-state index in [1.807, 2.05) is 0 Å². The zero-order chi connectivity index (χ0) is 10.7. The molecular formula is C11H21BrN2O. The first kappa shape index (κ1) is 11.8. The van der Waals surface area contributed by atoms with Crippen LogP contribution in [0.2, 0.25) is 0 Å². The molecule has 88 valence electrons. The highest BCUT2D eigenvalue weighted by Crippen LogP contribution is 2.17. The summed E-state index contributed by atoms with van der Waals surface area (Å²) in [5.41, 5.74) is 0. The highest BCUT2D eigenvalue weighted by Gasteiger charge is 2.23. The topological polar surface area (TPSA) is 15.7 Å². The second kappa shape index (κ2) is 5.62. The molecule has 3 nitrogen and oxygen atoms in total. The van der Waals surface area contributed by atoms with Crippen molar-refractivity contribution >= 4 is 15.9 Å². The van der Waals surface area contributed by atoms with E-state index in [0.29, 0.717) is 10.9 Å². The Hall–Kier alpha value is 0.360. The monoisotopic (exact) mass is 276 g/mol.